The first-order chi connectivity index (χ1) is 9.56. The summed E-state index contributed by atoms with van der Waals surface area (Å²) in [6.45, 7) is 9.10. The number of carbonyl (C=O) groups excluding carboxylic acids is 1. The van der Waals surface area contributed by atoms with Crippen molar-refractivity contribution in [2.45, 2.75) is 57.9 Å². The first-order valence-corrected chi connectivity index (χ1v) is 7.38. The first kappa shape index (κ1) is 16.9. The van der Waals surface area contributed by atoms with E-state index in [1.165, 1.54) is 0 Å². The standard InChI is InChI=1S/C14H25BN2O3/c1-4-7-14(10-15-11(3)6-8-16)9-12(17-20-14)13(18)19-5-2/h10-11H,4-9,16H2,1-3H3. The third-order valence-corrected chi connectivity index (χ3v) is 3.34. The third-order valence-electron chi connectivity index (χ3n) is 3.34. The number of carbonyl (C=O) groups is 1. The van der Waals surface area contributed by atoms with Gasteiger partial charge in [0.1, 0.15) is 0 Å². The number of esters is 1. The van der Waals surface area contributed by atoms with Crippen LogP contribution in [-0.4, -0.2) is 43.3 Å². The van der Waals surface area contributed by atoms with Gasteiger partial charge in [-0.3, -0.25) is 0 Å². The zero-order chi connectivity index (χ0) is 15.0. The Morgan fingerprint density at radius 3 is 3.00 bits per heavy atom. The molecular formula is C14H25BN2O3. The maximum absolute atomic E-state index is 11.7. The molecule has 2 atom stereocenters. The molecule has 1 aliphatic rings. The van der Waals surface area contributed by atoms with Gasteiger partial charge in [0, 0.05) is 0 Å². The average molecular weight is 280 g/mol. The normalized spacial score (nSPS) is 23.1. The van der Waals surface area contributed by atoms with E-state index in [0.29, 0.717) is 31.1 Å². The molecule has 0 amide bonds. The molecular weight excluding hydrogens is 255 g/mol. The molecule has 0 saturated carbocycles. The molecule has 0 aromatic heterocycles. The molecule has 2 unspecified atom stereocenters. The Labute approximate surface area is 121 Å². The summed E-state index contributed by atoms with van der Waals surface area (Å²) in [5.74, 6) is 2.05. The molecule has 5 nitrogen and oxygen atoms in total. The van der Waals surface area contributed by atoms with Gasteiger partial charge in [0.25, 0.3) is 0 Å². The van der Waals surface area contributed by atoms with Crippen molar-refractivity contribution in [3.63, 3.8) is 0 Å². The minimum absolute atomic E-state index is 0.349. The quantitative estimate of drug-likeness (QED) is 0.540. The monoisotopic (exact) mass is 280 g/mol. The summed E-state index contributed by atoms with van der Waals surface area (Å²) in [5, 5.41) is 3.92. The Kier molecular flexibility index (Phi) is 6.92. The summed E-state index contributed by atoms with van der Waals surface area (Å²) in [6.07, 6.45) is 3.20. The molecule has 0 aromatic carbocycles. The fourth-order valence-corrected chi connectivity index (χ4v) is 2.25. The van der Waals surface area contributed by atoms with E-state index < -0.39 is 5.60 Å². The molecule has 0 fully saturated rings. The van der Waals surface area contributed by atoms with E-state index in [1.807, 2.05) is 5.97 Å². The van der Waals surface area contributed by atoms with E-state index in [0.717, 1.165) is 19.3 Å². The molecule has 2 N–H and O–H groups in total. The SMILES string of the molecule is CCCC1(C=BC(C)CCN)CC(C(=O)OCC)=NO1. The molecule has 112 valence electrons. The molecule has 6 heteroatoms. The van der Waals surface area contributed by atoms with Crippen LogP contribution in [0.3, 0.4) is 0 Å². The van der Waals surface area contributed by atoms with Gasteiger partial charge in [0.05, 0.1) is 0 Å². The Balaban J connectivity index is 2.70. The van der Waals surface area contributed by atoms with E-state index in [1.54, 1.807) is 6.92 Å². The number of nitrogens with two attached hydrogens (primary N) is 1. The van der Waals surface area contributed by atoms with Crippen LogP contribution in [0.1, 0.15) is 46.5 Å². The van der Waals surface area contributed by atoms with Crippen LogP contribution in [0.2, 0.25) is 5.82 Å². The van der Waals surface area contributed by atoms with Crippen molar-refractivity contribution in [3.8, 4) is 0 Å². The molecule has 0 aromatic rings. The summed E-state index contributed by atoms with van der Waals surface area (Å²) in [5.41, 5.74) is 5.42. The van der Waals surface area contributed by atoms with Crippen molar-refractivity contribution in [2.24, 2.45) is 10.9 Å². The van der Waals surface area contributed by atoms with Crippen LogP contribution >= 0.6 is 0 Å². The van der Waals surface area contributed by atoms with Gasteiger partial charge in [-0.25, -0.2) is 0 Å². The van der Waals surface area contributed by atoms with E-state index >= 15 is 0 Å². The van der Waals surface area contributed by atoms with Crippen LogP contribution in [0.4, 0.5) is 0 Å². The molecule has 1 heterocycles. The molecule has 20 heavy (non-hydrogen) atoms. The molecule has 0 radical (unpaired) electrons. The summed E-state index contributed by atoms with van der Waals surface area (Å²) < 4.78 is 4.97. The number of oxime groups is 1. The average Bonchev–Trinajstić information content (AvgIpc) is 2.83. The van der Waals surface area contributed by atoms with Crippen LogP contribution in [-0.2, 0) is 14.4 Å². The van der Waals surface area contributed by atoms with Crippen molar-refractivity contribution in [3.05, 3.63) is 0 Å². The second kappa shape index (κ2) is 8.20. The van der Waals surface area contributed by atoms with E-state index in [9.17, 15) is 4.79 Å². The van der Waals surface area contributed by atoms with E-state index in [2.05, 4.69) is 25.9 Å². The van der Waals surface area contributed by atoms with Crippen LogP contribution in [0.15, 0.2) is 5.16 Å². The molecule has 1 aliphatic heterocycles. The Morgan fingerprint density at radius 1 is 1.65 bits per heavy atom. The van der Waals surface area contributed by atoms with Crippen molar-refractivity contribution in [1.29, 1.82) is 0 Å². The number of hydrogen-bond acceptors (Lipinski definition) is 5. The van der Waals surface area contributed by atoms with Crippen molar-refractivity contribution >= 4 is 24.6 Å². The second-order valence-electron chi connectivity index (χ2n) is 5.26. The van der Waals surface area contributed by atoms with Crippen molar-refractivity contribution in [2.75, 3.05) is 13.2 Å². The van der Waals surface area contributed by atoms with Gasteiger partial charge in [0.2, 0.25) is 0 Å². The first-order valence-electron chi connectivity index (χ1n) is 7.38. The number of hydrogen-bond donors (Lipinski definition) is 1. The van der Waals surface area contributed by atoms with Crippen LogP contribution in [0.5, 0.6) is 0 Å². The van der Waals surface area contributed by atoms with Gasteiger partial charge in [0.15, 0.2) is 0 Å². The topological polar surface area (TPSA) is 73.9 Å². The van der Waals surface area contributed by atoms with Gasteiger partial charge in [-0.15, -0.1) is 0 Å². The predicted molar refractivity (Wildman–Crippen MR) is 82.3 cm³/mol. The van der Waals surface area contributed by atoms with E-state index in [-0.39, 0.29) is 5.97 Å². The second-order valence-corrected chi connectivity index (χ2v) is 5.26. The number of ether oxygens (including phenoxy) is 1. The maximum atomic E-state index is 11.7. The molecule has 0 aliphatic carbocycles. The summed E-state index contributed by atoms with van der Waals surface area (Å²) in [6, 6.07) is 0. The fourth-order valence-electron chi connectivity index (χ4n) is 2.25. The molecule has 0 saturated heterocycles. The Morgan fingerprint density at radius 2 is 2.40 bits per heavy atom. The minimum atomic E-state index is -0.500. The Bertz CT molecular complexity index is 385. The van der Waals surface area contributed by atoms with Crippen molar-refractivity contribution < 1.29 is 14.4 Å². The molecule has 0 bridgehead atoms. The fraction of sp³-hybridized carbons (Fsp3) is 0.786. The van der Waals surface area contributed by atoms with Gasteiger partial charge in [-0.2, -0.15) is 0 Å². The molecule has 1 rings (SSSR count). The van der Waals surface area contributed by atoms with Gasteiger partial charge in [-0.1, -0.05) is 0 Å². The van der Waals surface area contributed by atoms with Gasteiger partial charge < -0.3 is 0 Å². The van der Waals surface area contributed by atoms with Crippen LogP contribution < -0.4 is 5.73 Å². The molecule has 0 spiro atoms. The Hall–Kier alpha value is -1.17. The van der Waals surface area contributed by atoms with Crippen LogP contribution in [0, 0.1) is 0 Å². The van der Waals surface area contributed by atoms with Gasteiger partial charge >= 0.3 is 121 Å². The summed E-state index contributed by atoms with van der Waals surface area (Å²) in [7, 11) is 0. The zero-order valence-corrected chi connectivity index (χ0v) is 12.7. The predicted octanol–water partition coefficient (Wildman–Crippen LogP) is 1.53. The van der Waals surface area contributed by atoms with Gasteiger partial charge in [-0.05, 0) is 0 Å². The van der Waals surface area contributed by atoms with Crippen molar-refractivity contribution in [1.82, 2.24) is 0 Å². The number of nitrogens with zero attached hydrogens (tertiary/aromatic N) is 1. The van der Waals surface area contributed by atoms with Crippen LogP contribution in [0.25, 0.3) is 0 Å². The number of rotatable bonds is 8. The van der Waals surface area contributed by atoms with E-state index in [4.69, 9.17) is 15.3 Å². The summed E-state index contributed by atoms with van der Waals surface area (Å²) >= 11 is 0. The zero-order valence-electron chi connectivity index (χ0n) is 12.7. The summed E-state index contributed by atoms with van der Waals surface area (Å²) in [4.78, 5) is 17.3. The third kappa shape index (κ3) is 4.74.